The summed E-state index contributed by atoms with van der Waals surface area (Å²) in [5, 5.41) is 3.84. The molecule has 5 heteroatoms. The van der Waals surface area contributed by atoms with Gasteiger partial charge in [-0.25, -0.2) is 10.0 Å². The average Bonchev–Trinajstić information content (AvgIpc) is 2.77. The number of aliphatic imine (C=N–C) groups is 1. The van der Waals surface area contributed by atoms with Gasteiger partial charge in [0.05, 0.1) is 22.5 Å². The van der Waals surface area contributed by atoms with E-state index in [1.807, 2.05) is 76.7 Å². The highest BCUT2D eigenvalue weighted by atomic mass is 16.2. The molecule has 1 atom stereocenters. The van der Waals surface area contributed by atoms with Crippen LogP contribution in [0.2, 0.25) is 0 Å². The zero-order valence-corrected chi connectivity index (χ0v) is 18.3. The van der Waals surface area contributed by atoms with Gasteiger partial charge < -0.3 is 4.90 Å². The molecule has 2 aliphatic heterocycles. The first-order valence-corrected chi connectivity index (χ1v) is 10.6. The molecule has 156 valence electrons. The summed E-state index contributed by atoms with van der Waals surface area (Å²) in [6.45, 7) is 6.24. The van der Waals surface area contributed by atoms with Crippen molar-refractivity contribution in [1.82, 2.24) is 5.01 Å². The number of hydrogen-bond acceptors (Lipinski definition) is 3. The molecule has 0 bridgehead atoms. The number of anilines is 2. The van der Waals surface area contributed by atoms with Crippen LogP contribution in [0.3, 0.4) is 0 Å². The molecule has 3 aromatic rings. The molecule has 0 aliphatic carbocycles. The van der Waals surface area contributed by atoms with Crippen LogP contribution in [0.15, 0.2) is 83.9 Å². The second kappa shape index (κ2) is 6.98. The Labute approximate surface area is 183 Å². The largest absolute Gasteiger partial charge is 0.348 e. The number of benzene rings is 3. The van der Waals surface area contributed by atoms with Gasteiger partial charge in [0.25, 0.3) is 5.91 Å². The van der Waals surface area contributed by atoms with E-state index in [1.165, 1.54) is 0 Å². The number of rotatable bonds is 1. The van der Waals surface area contributed by atoms with Crippen LogP contribution in [0.25, 0.3) is 0 Å². The van der Waals surface area contributed by atoms with Gasteiger partial charge in [0.15, 0.2) is 12.0 Å². The van der Waals surface area contributed by atoms with Crippen LogP contribution in [0.5, 0.6) is 0 Å². The molecule has 3 aromatic carbocycles. The molecule has 1 amide bonds. The van der Waals surface area contributed by atoms with Crippen molar-refractivity contribution in [2.75, 3.05) is 17.0 Å². The number of hydrogen-bond donors (Lipinski definition) is 0. The van der Waals surface area contributed by atoms with E-state index < -0.39 is 0 Å². The van der Waals surface area contributed by atoms with Gasteiger partial charge >= 0.3 is 0 Å². The summed E-state index contributed by atoms with van der Waals surface area (Å²) >= 11 is 0. The molecular weight excluding hydrogens is 384 g/mol. The van der Waals surface area contributed by atoms with Gasteiger partial charge in [0, 0.05) is 18.2 Å². The normalized spacial score (nSPS) is 19.2. The standard InChI is InChI=1S/C26H26N4O/c1-26(2,3)27-23-19-14-8-9-15-20(19)24-28(4)22-17-11-10-16-21(22)25(31)30(24)29(23)18-12-6-5-7-13-18/h5-17,24H,1-4H3. The molecule has 1 unspecified atom stereocenters. The zero-order chi connectivity index (χ0) is 21.8. The molecule has 5 nitrogen and oxygen atoms in total. The van der Waals surface area contributed by atoms with Gasteiger partial charge in [0.1, 0.15) is 0 Å². The van der Waals surface area contributed by atoms with Crippen LogP contribution in [0.1, 0.15) is 48.4 Å². The van der Waals surface area contributed by atoms with Gasteiger partial charge in [-0.15, -0.1) is 0 Å². The summed E-state index contributed by atoms with van der Waals surface area (Å²) in [6.07, 6.45) is -0.266. The van der Waals surface area contributed by atoms with Crippen molar-refractivity contribution in [3.05, 3.63) is 95.6 Å². The number of nitrogens with zero attached hydrogens (tertiary/aromatic N) is 4. The van der Waals surface area contributed by atoms with E-state index in [1.54, 1.807) is 0 Å². The predicted octanol–water partition coefficient (Wildman–Crippen LogP) is 5.26. The third kappa shape index (κ3) is 3.08. The molecule has 0 radical (unpaired) electrons. The first-order chi connectivity index (χ1) is 14.9. The molecule has 31 heavy (non-hydrogen) atoms. The third-order valence-corrected chi connectivity index (χ3v) is 5.66. The van der Waals surface area contributed by atoms with E-state index in [0.29, 0.717) is 5.56 Å². The number of carbonyl (C=O) groups excluding carboxylic acids is 1. The first-order valence-electron chi connectivity index (χ1n) is 10.6. The molecule has 0 saturated carbocycles. The lowest BCUT2D eigenvalue weighted by molar-refractivity contribution is 0.0653. The van der Waals surface area contributed by atoms with Gasteiger partial charge in [0.2, 0.25) is 0 Å². The van der Waals surface area contributed by atoms with E-state index in [-0.39, 0.29) is 17.6 Å². The van der Waals surface area contributed by atoms with Gasteiger partial charge in [-0.05, 0) is 45.0 Å². The van der Waals surface area contributed by atoms with Crippen LogP contribution in [0.4, 0.5) is 11.4 Å². The van der Waals surface area contributed by atoms with Crippen molar-refractivity contribution in [3.8, 4) is 0 Å². The second-order valence-corrected chi connectivity index (χ2v) is 8.99. The van der Waals surface area contributed by atoms with Crippen molar-refractivity contribution in [2.24, 2.45) is 4.99 Å². The lowest BCUT2D eigenvalue weighted by atomic mass is 9.95. The Morgan fingerprint density at radius 1 is 0.806 bits per heavy atom. The fraction of sp³-hybridized carbons (Fsp3) is 0.231. The van der Waals surface area contributed by atoms with Gasteiger partial charge in [-0.1, -0.05) is 54.6 Å². The Morgan fingerprint density at radius 3 is 2.13 bits per heavy atom. The number of hydrazine groups is 1. The molecule has 5 rings (SSSR count). The number of carbonyl (C=O) groups is 1. The smallest absolute Gasteiger partial charge is 0.277 e. The highest BCUT2D eigenvalue weighted by molar-refractivity contribution is 6.16. The van der Waals surface area contributed by atoms with Crippen LogP contribution in [-0.2, 0) is 0 Å². The molecular formula is C26H26N4O. The Kier molecular flexibility index (Phi) is 4.36. The minimum atomic E-state index is -0.315. The molecule has 0 aromatic heterocycles. The van der Waals surface area contributed by atoms with Gasteiger partial charge in [-0.2, -0.15) is 0 Å². The first kappa shape index (κ1) is 19.4. The van der Waals surface area contributed by atoms with E-state index in [0.717, 1.165) is 28.3 Å². The molecule has 0 fully saturated rings. The molecule has 2 heterocycles. The minimum Gasteiger partial charge on any atom is -0.348 e. The Bertz CT molecular complexity index is 1180. The maximum Gasteiger partial charge on any atom is 0.277 e. The van der Waals surface area contributed by atoms with E-state index >= 15 is 0 Å². The highest BCUT2D eigenvalue weighted by Crippen LogP contribution is 2.44. The van der Waals surface area contributed by atoms with Crippen molar-refractivity contribution < 1.29 is 4.79 Å². The van der Waals surface area contributed by atoms with Crippen LogP contribution in [-0.4, -0.2) is 29.3 Å². The van der Waals surface area contributed by atoms with Crippen molar-refractivity contribution in [2.45, 2.75) is 32.5 Å². The molecule has 0 N–H and O–H groups in total. The summed E-state index contributed by atoms with van der Waals surface area (Å²) < 4.78 is 0. The molecule has 0 spiro atoms. The lowest BCUT2D eigenvalue weighted by Gasteiger charge is -2.52. The quantitative estimate of drug-likeness (QED) is 0.549. The minimum absolute atomic E-state index is 0.0290. The predicted molar refractivity (Wildman–Crippen MR) is 125 cm³/mol. The van der Waals surface area contributed by atoms with Crippen LogP contribution in [0, 0.1) is 0 Å². The monoisotopic (exact) mass is 410 g/mol. The zero-order valence-electron chi connectivity index (χ0n) is 18.3. The fourth-order valence-corrected chi connectivity index (χ4v) is 4.42. The van der Waals surface area contributed by atoms with E-state index in [9.17, 15) is 4.79 Å². The Morgan fingerprint density at radius 2 is 1.42 bits per heavy atom. The number of amides is 1. The summed E-state index contributed by atoms with van der Waals surface area (Å²) in [5.41, 5.74) is 4.34. The Hall–Kier alpha value is -3.60. The van der Waals surface area contributed by atoms with Crippen molar-refractivity contribution >= 4 is 23.1 Å². The average molecular weight is 411 g/mol. The maximum atomic E-state index is 13.9. The summed E-state index contributed by atoms with van der Waals surface area (Å²) in [6, 6.07) is 26.1. The summed E-state index contributed by atoms with van der Waals surface area (Å²) in [4.78, 5) is 21.2. The molecule has 2 aliphatic rings. The summed E-state index contributed by atoms with van der Waals surface area (Å²) in [7, 11) is 2.05. The van der Waals surface area contributed by atoms with Crippen LogP contribution >= 0.6 is 0 Å². The fourth-order valence-electron chi connectivity index (χ4n) is 4.42. The molecule has 0 saturated heterocycles. The lowest BCUT2D eigenvalue weighted by Crippen LogP contribution is -2.61. The van der Waals surface area contributed by atoms with E-state index in [2.05, 4.69) is 44.9 Å². The number of amidine groups is 1. The van der Waals surface area contributed by atoms with Crippen molar-refractivity contribution in [3.63, 3.8) is 0 Å². The third-order valence-electron chi connectivity index (χ3n) is 5.66. The maximum absolute atomic E-state index is 13.9. The number of fused-ring (bicyclic) bond motifs is 4. The Balaban J connectivity index is 1.84. The topological polar surface area (TPSA) is 39.2 Å². The highest BCUT2D eigenvalue weighted by Gasteiger charge is 2.46. The van der Waals surface area contributed by atoms with Crippen molar-refractivity contribution in [1.29, 1.82) is 0 Å². The second-order valence-electron chi connectivity index (χ2n) is 8.99. The van der Waals surface area contributed by atoms with Gasteiger partial charge in [-0.3, -0.25) is 9.79 Å². The van der Waals surface area contributed by atoms with E-state index in [4.69, 9.17) is 4.99 Å². The summed E-state index contributed by atoms with van der Waals surface area (Å²) in [5.74, 6) is 0.755. The number of para-hydroxylation sites is 2. The van der Waals surface area contributed by atoms with Crippen LogP contribution < -0.4 is 9.91 Å². The SMILES string of the molecule is CN1c2ccccc2C(=O)N2C1c1ccccc1C(=NC(C)(C)C)N2c1ccccc1.